The Bertz CT molecular complexity index is 287. The minimum absolute atomic E-state index is 0.0589. The van der Waals surface area contributed by atoms with E-state index in [1.165, 1.54) is 0 Å². The van der Waals surface area contributed by atoms with Crippen LogP contribution in [0.2, 0.25) is 0 Å². The SMILES string of the molecule is [N-]=[N+]=NCCCC(=O)NCCCCCC(=O)O. The molecule has 0 aromatic rings. The van der Waals surface area contributed by atoms with Gasteiger partial charge >= 0.3 is 5.97 Å². The van der Waals surface area contributed by atoms with Crippen molar-refractivity contribution in [2.45, 2.75) is 38.5 Å². The number of amides is 1. The first-order valence-electron chi connectivity index (χ1n) is 5.66. The average Bonchev–Trinajstić information content (AvgIpc) is 2.29. The second-order valence-electron chi connectivity index (χ2n) is 3.61. The summed E-state index contributed by atoms with van der Waals surface area (Å²) in [5, 5.41) is 14.4. The highest BCUT2D eigenvalue weighted by Gasteiger charge is 2.00. The molecule has 0 aliphatic rings. The van der Waals surface area contributed by atoms with Crippen LogP contribution in [0.5, 0.6) is 0 Å². The number of nitrogens with zero attached hydrogens (tertiary/aromatic N) is 3. The monoisotopic (exact) mass is 242 g/mol. The number of hydrogen-bond acceptors (Lipinski definition) is 3. The first kappa shape index (κ1) is 15.2. The van der Waals surface area contributed by atoms with Crippen LogP contribution < -0.4 is 5.32 Å². The fourth-order valence-corrected chi connectivity index (χ4v) is 1.25. The number of carboxylic acid groups (broad SMARTS) is 1. The van der Waals surface area contributed by atoms with E-state index in [0.717, 1.165) is 12.8 Å². The summed E-state index contributed by atoms with van der Waals surface area (Å²) in [5.74, 6) is -0.844. The first-order valence-corrected chi connectivity index (χ1v) is 5.66. The molecule has 0 saturated carbocycles. The van der Waals surface area contributed by atoms with Gasteiger partial charge in [0, 0.05) is 30.8 Å². The van der Waals surface area contributed by atoms with Crippen molar-refractivity contribution in [3.05, 3.63) is 10.4 Å². The molecule has 0 rings (SSSR count). The number of carbonyl (C=O) groups excluding carboxylic acids is 1. The standard InChI is InChI=1S/C10H18N4O3/c11-14-13-8-4-5-9(15)12-7-3-1-2-6-10(16)17/h1-8H2,(H,12,15)(H,16,17). The largest absolute Gasteiger partial charge is 0.481 e. The quantitative estimate of drug-likeness (QED) is 0.263. The highest BCUT2D eigenvalue weighted by atomic mass is 16.4. The summed E-state index contributed by atoms with van der Waals surface area (Å²) < 4.78 is 0. The third-order valence-corrected chi connectivity index (χ3v) is 2.11. The van der Waals surface area contributed by atoms with Crippen molar-refractivity contribution in [3.8, 4) is 0 Å². The molecule has 0 spiro atoms. The molecule has 17 heavy (non-hydrogen) atoms. The van der Waals surface area contributed by atoms with E-state index in [1.54, 1.807) is 0 Å². The normalized spacial score (nSPS) is 9.41. The number of carbonyl (C=O) groups is 2. The molecule has 0 fully saturated rings. The minimum atomic E-state index is -0.785. The Balaban J connectivity index is 3.27. The van der Waals surface area contributed by atoms with E-state index in [9.17, 15) is 9.59 Å². The molecule has 0 aromatic carbocycles. The van der Waals surface area contributed by atoms with Gasteiger partial charge in [-0.3, -0.25) is 9.59 Å². The Morgan fingerprint density at radius 2 is 1.94 bits per heavy atom. The van der Waals surface area contributed by atoms with Crippen molar-refractivity contribution in [3.63, 3.8) is 0 Å². The van der Waals surface area contributed by atoms with Gasteiger partial charge in [-0.25, -0.2) is 0 Å². The second-order valence-corrected chi connectivity index (χ2v) is 3.61. The van der Waals surface area contributed by atoms with Gasteiger partial charge in [-0.2, -0.15) is 0 Å². The number of hydrogen-bond donors (Lipinski definition) is 2. The summed E-state index contributed by atoms with van der Waals surface area (Å²) in [4.78, 5) is 24.0. The molecule has 7 nitrogen and oxygen atoms in total. The molecule has 96 valence electrons. The van der Waals surface area contributed by atoms with E-state index < -0.39 is 5.97 Å². The van der Waals surface area contributed by atoms with Crippen LogP contribution in [0.1, 0.15) is 38.5 Å². The highest BCUT2D eigenvalue weighted by molar-refractivity contribution is 5.75. The van der Waals surface area contributed by atoms with Crippen molar-refractivity contribution in [1.29, 1.82) is 0 Å². The molecule has 0 radical (unpaired) electrons. The van der Waals surface area contributed by atoms with Crippen LogP contribution in [0.15, 0.2) is 5.11 Å². The zero-order chi connectivity index (χ0) is 12.9. The lowest BCUT2D eigenvalue weighted by molar-refractivity contribution is -0.137. The molecule has 1 amide bonds. The summed E-state index contributed by atoms with van der Waals surface area (Å²) in [6.07, 6.45) is 3.31. The smallest absolute Gasteiger partial charge is 0.303 e. The zero-order valence-corrected chi connectivity index (χ0v) is 9.76. The van der Waals surface area contributed by atoms with Gasteiger partial charge in [0.1, 0.15) is 0 Å². The fraction of sp³-hybridized carbons (Fsp3) is 0.800. The van der Waals surface area contributed by atoms with Crippen molar-refractivity contribution in [2.75, 3.05) is 13.1 Å². The lowest BCUT2D eigenvalue weighted by Crippen LogP contribution is -2.24. The van der Waals surface area contributed by atoms with Crippen LogP contribution in [0.4, 0.5) is 0 Å². The maximum atomic E-state index is 11.2. The molecule has 0 heterocycles. The highest BCUT2D eigenvalue weighted by Crippen LogP contribution is 1.98. The number of nitrogens with one attached hydrogen (secondary N) is 1. The van der Waals surface area contributed by atoms with Gasteiger partial charge in [0.15, 0.2) is 0 Å². The molecule has 7 heteroatoms. The summed E-state index contributed by atoms with van der Waals surface area (Å²) in [7, 11) is 0. The minimum Gasteiger partial charge on any atom is -0.481 e. The average molecular weight is 242 g/mol. The Labute approximate surface area is 99.8 Å². The summed E-state index contributed by atoms with van der Waals surface area (Å²) in [5.41, 5.74) is 8.01. The lowest BCUT2D eigenvalue weighted by Gasteiger charge is -2.03. The van der Waals surface area contributed by atoms with Crippen LogP contribution >= 0.6 is 0 Å². The van der Waals surface area contributed by atoms with Gasteiger partial charge in [0.2, 0.25) is 5.91 Å². The maximum Gasteiger partial charge on any atom is 0.303 e. The van der Waals surface area contributed by atoms with Crippen molar-refractivity contribution >= 4 is 11.9 Å². The molecule has 0 aliphatic carbocycles. The predicted octanol–water partition coefficient (Wildman–Crippen LogP) is 1.84. The Kier molecular flexibility index (Phi) is 9.65. The lowest BCUT2D eigenvalue weighted by atomic mass is 10.2. The molecular weight excluding hydrogens is 224 g/mol. The first-order chi connectivity index (χ1) is 8.16. The van der Waals surface area contributed by atoms with Crippen molar-refractivity contribution in [1.82, 2.24) is 5.32 Å². The maximum absolute atomic E-state index is 11.2. The zero-order valence-electron chi connectivity index (χ0n) is 9.76. The van der Waals surface area contributed by atoms with Gasteiger partial charge in [0.25, 0.3) is 0 Å². The third-order valence-electron chi connectivity index (χ3n) is 2.11. The summed E-state index contributed by atoms with van der Waals surface area (Å²) in [6, 6.07) is 0. The van der Waals surface area contributed by atoms with Crippen LogP contribution in [0.3, 0.4) is 0 Å². The van der Waals surface area contributed by atoms with Gasteiger partial charge in [0.05, 0.1) is 0 Å². The van der Waals surface area contributed by atoms with Crippen LogP contribution in [0, 0.1) is 0 Å². The van der Waals surface area contributed by atoms with Crippen molar-refractivity contribution < 1.29 is 14.7 Å². The summed E-state index contributed by atoms with van der Waals surface area (Å²) >= 11 is 0. The van der Waals surface area contributed by atoms with E-state index in [0.29, 0.717) is 32.4 Å². The Morgan fingerprint density at radius 1 is 1.18 bits per heavy atom. The van der Waals surface area contributed by atoms with Crippen LogP contribution in [0.25, 0.3) is 10.4 Å². The Hall–Kier alpha value is -1.75. The van der Waals surface area contributed by atoms with Crippen molar-refractivity contribution in [2.24, 2.45) is 5.11 Å². The number of carboxylic acids is 1. The van der Waals surface area contributed by atoms with Gasteiger partial charge < -0.3 is 10.4 Å². The third kappa shape index (κ3) is 12.2. The number of aliphatic carboxylic acids is 1. The van der Waals surface area contributed by atoms with E-state index in [1.807, 2.05) is 0 Å². The molecule has 0 atom stereocenters. The molecule has 0 bridgehead atoms. The van der Waals surface area contributed by atoms with E-state index in [4.69, 9.17) is 10.6 Å². The second kappa shape index (κ2) is 10.8. The molecule has 0 aliphatic heterocycles. The number of unbranched alkanes of at least 4 members (excludes halogenated alkanes) is 2. The van der Waals surface area contributed by atoms with E-state index in [2.05, 4.69) is 15.3 Å². The molecule has 0 unspecified atom stereocenters. The topological polar surface area (TPSA) is 115 Å². The molecule has 0 saturated heterocycles. The molecule has 2 N–H and O–H groups in total. The Morgan fingerprint density at radius 3 is 2.59 bits per heavy atom. The van der Waals surface area contributed by atoms with Gasteiger partial charge in [-0.1, -0.05) is 11.5 Å². The van der Waals surface area contributed by atoms with Gasteiger partial charge in [-0.05, 0) is 24.8 Å². The van der Waals surface area contributed by atoms with Crippen LogP contribution in [-0.4, -0.2) is 30.1 Å². The van der Waals surface area contributed by atoms with E-state index >= 15 is 0 Å². The molecule has 0 aromatic heterocycles. The number of rotatable bonds is 10. The number of azide groups is 1. The predicted molar refractivity (Wildman–Crippen MR) is 62.4 cm³/mol. The summed E-state index contributed by atoms with van der Waals surface area (Å²) in [6.45, 7) is 0.905. The van der Waals surface area contributed by atoms with Crippen LogP contribution in [-0.2, 0) is 9.59 Å². The van der Waals surface area contributed by atoms with Gasteiger partial charge in [-0.15, -0.1) is 0 Å². The van der Waals surface area contributed by atoms with E-state index in [-0.39, 0.29) is 12.3 Å². The fourth-order valence-electron chi connectivity index (χ4n) is 1.25. The molecular formula is C10H18N4O3.